The van der Waals surface area contributed by atoms with E-state index in [-0.39, 0.29) is 5.54 Å². The number of rotatable bonds is 15. The molecule has 1 heterocycles. The lowest BCUT2D eigenvalue weighted by atomic mass is 10.1. The molecule has 0 fully saturated rings. The monoisotopic (exact) mass is 335 g/mol. The van der Waals surface area contributed by atoms with Crippen molar-refractivity contribution in [2.45, 2.75) is 116 Å². The van der Waals surface area contributed by atoms with Crippen LogP contribution in [0.2, 0.25) is 0 Å². The van der Waals surface area contributed by atoms with Gasteiger partial charge in [0, 0.05) is 6.42 Å². The average molecular weight is 336 g/mol. The number of hydrogen-bond donors (Lipinski definition) is 0. The van der Waals surface area contributed by atoms with Crippen molar-refractivity contribution < 1.29 is 4.74 Å². The molecule has 2 nitrogen and oxygen atoms in total. The third kappa shape index (κ3) is 11.7. The zero-order valence-electron chi connectivity index (χ0n) is 16.6. The first-order valence-electron chi connectivity index (χ1n) is 10.5. The van der Waals surface area contributed by atoms with Gasteiger partial charge in [-0.2, -0.15) is 0 Å². The summed E-state index contributed by atoms with van der Waals surface area (Å²) in [6.45, 7) is 7.30. The fourth-order valence-corrected chi connectivity index (χ4v) is 3.12. The van der Waals surface area contributed by atoms with Gasteiger partial charge in [-0.1, -0.05) is 76.9 Å². The van der Waals surface area contributed by atoms with Gasteiger partial charge in [0.05, 0.1) is 5.54 Å². The van der Waals surface area contributed by atoms with Crippen LogP contribution in [0, 0.1) is 0 Å². The summed E-state index contributed by atoms with van der Waals surface area (Å²) in [5.41, 5.74) is 0.0145. The van der Waals surface area contributed by atoms with Crippen molar-refractivity contribution in [1.82, 2.24) is 0 Å². The Bertz CT molecular complexity index is 357. The number of hydrogen-bond acceptors (Lipinski definition) is 2. The third-order valence-corrected chi connectivity index (χ3v) is 4.67. The molecule has 0 saturated heterocycles. The van der Waals surface area contributed by atoms with Gasteiger partial charge in [-0.3, -0.25) is 0 Å². The normalized spacial score (nSPS) is 16.5. The van der Waals surface area contributed by atoms with Crippen LogP contribution in [-0.4, -0.2) is 18.0 Å². The highest BCUT2D eigenvalue weighted by Crippen LogP contribution is 2.20. The molecule has 140 valence electrons. The molecule has 1 aliphatic rings. The van der Waals surface area contributed by atoms with Gasteiger partial charge in [0.1, 0.15) is 6.61 Å². The second-order valence-electron chi connectivity index (χ2n) is 7.94. The van der Waals surface area contributed by atoms with Gasteiger partial charge in [0.2, 0.25) is 0 Å². The molecule has 0 unspecified atom stereocenters. The summed E-state index contributed by atoms with van der Waals surface area (Å²) in [6, 6.07) is 0. The van der Waals surface area contributed by atoms with E-state index in [0.29, 0.717) is 0 Å². The maximum atomic E-state index is 5.63. The summed E-state index contributed by atoms with van der Waals surface area (Å²) in [7, 11) is 0. The van der Waals surface area contributed by atoms with Crippen molar-refractivity contribution in [3.63, 3.8) is 0 Å². The van der Waals surface area contributed by atoms with E-state index in [1.54, 1.807) is 0 Å². The molecule has 2 heteroatoms. The molecular weight excluding hydrogens is 294 g/mol. The SMILES string of the molecule is CCCC/C=C\CCCCCCCCCCCC1=NC(C)(C)CO1. The molecule has 0 aromatic rings. The minimum Gasteiger partial charge on any atom is -0.478 e. The molecule has 0 N–H and O–H groups in total. The molecule has 0 aromatic heterocycles. The molecule has 0 bridgehead atoms. The van der Waals surface area contributed by atoms with Crippen molar-refractivity contribution >= 4 is 5.90 Å². The summed E-state index contributed by atoms with van der Waals surface area (Å²) < 4.78 is 5.63. The highest BCUT2D eigenvalue weighted by Gasteiger charge is 2.25. The van der Waals surface area contributed by atoms with Gasteiger partial charge in [-0.25, -0.2) is 4.99 Å². The lowest BCUT2D eigenvalue weighted by molar-refractivity contribution is 0.273. The van der Waals surface area contributed by atoms with E-state index in [0.717, 1.165) is 18.9 Å². The number of allylic oxidation sites excluding steroid dienone is 2. The van der Waals surface area contributed by atoms with Gasteiger partial charge in [-0.15, -0.1) is 0 Å². The Morgan fingerprint density at radius 2 is 1.38 bits per heavy atom. The molecule has 24 heavy (non-hydrogen) atoms. The molecule has 0 amide bonds. The van der Waals surface area contributed by atoms with Crippen molar-refractivity contribution in [3.8, 4) is 0 Å². The molecule has 0 aromatic carbocycles. The number of aliphatic imine (C=N–C) groups is 1. The molecule has 0 radical (unpaired) electrons. The molecular formula is C22H41NO. The van der Waals surface area contributed by atoms with E-state index in [4.69, 9.17) is 4.74 Å². The van der Waals surface area contributed by atoms with Crippen molar-refractivity contribution in [2.24, 2.45) is 4.99 Å². The largest absolute Gasteiger partial charge is 0.478 e. The van der Waals surface area contributed by atoms with Crippen molar-refractivity contribution in [3.05, 3.63) is 12.2 Å². The van der Waals surface area contributed by atoms with Crippen molar-refractivity contribution in [2.75, 3.05) is 6.61 Å². The quantitative estimate of drug-likeness (QED) is 0.228. The summed E-state index contributed by atoms with van der Waals surface area (Å²) >= 11 is 0. The minimum atomic E-state index is 0.0145. The summed E-state index contributed by atoms with van der Waals surface area (Å²) in [5.74, 6) is 0.990. The van der Waals surface area contributed by atoms with Gasteiger partial charge < -0.3 is 4.74 Å². The Balaban J connectivity index is 1.77. The Kier molecular flexibility index (Phi) is 12.0. The molecule has 1 aliphatic heterocycles. The van der Waals surface area contributed by atoms with Crippen LogP contribution < -0.4 is 0 Å². The van der Waals surface area contributed by atoms with E-state index in [9.17, 15) is 0 Å². The van der Waals surface area contributed by atoms with Crippen LogP contribution >= 0.6 is 0 Å². The van der Waals surface area contributed by atoms with E-state index >= 15 is 0 Å². The van der Waals surface area contributed by atoms with E-state index in [1.807, 2.05) is 0 Å². The van der Waals surface area contributed by atoms with Gasteiger partial charge in [0.15, 0.2) is 5.90 Å². The Morgan fingerprint density at radius 3 is 1.92 bits per heavy atom. The predicted octanol–water partition coefficient (Wildman–Crippen LogP) is 7.23. The van der Waals surface area contributed by atoms with Crippen molar-refractivity contribution in [1.29, 1.82) is 0 Å². The lowest BCUT2D eigenvalue weighted by Crippen LogP contribution is -2.17. The van der Waals surface area contributed by atoms with Gasteiger partial charge in [-0.05, 0) is 39.5 Å². The maximum absolute atomic E-state index is 5.63. The summed E-state index contributed by atoms with van der Waals surface area (Å²) in [5, 5.41) is 0. The van der Waals surface area contributed by atoms with Gasteiger partial charge >= 0.3 is 0 Å². The first kappa shape index (κ1) is 21.3. The Morgan fingerprint density at radius 1 is 0.833 bits per heavy atom. The standard InChI is InChI=1S/C22H41NO/c1-4-5-6-7-8-9-10-11-12-13-14-15-16-17-18-19-21-23-22(2,3)20-24-21/h7-8H,4-6,9-20H2,1-3H3/b8-7-. The fraction of sp³-hybridized carbons (Fsp3) is 0.864. The topological polar surface area (TPSA) is 21.6 Å². The Labute approximate surface area is 151 Å². The van der Waals surface area contributed by atoms with Crippen LogP contribution in [0.5, 0.6) is 0 Å². The smallest absolute Gasteiger partial charge is 0.183 e. The van der Waals surface area contributed by atoms with Crippen LogP contribution in [-0.2, 0) is 4.74 Å². The first-order valence-corrected chi connectivity index (χ1v) is 10.5. The summed E-state index contributed by atoms with van der Waals surface area (Å²) in [6.07, 6.45) is 23.4. The molecule has 0 atom stereocenters. The first-order chi connectivity index (χ1) is 11.6. The van der Waals surface area contributed by atoms with E-state index in [2.05, 4.69) is 37.9 Å². The number of unbranched alkanes of at least 4 members (excludes halogenated alkanes) is 11. The highest BCUT2D eigenvalue weighted by molar-refractivity contribution is 5.78. The second kappa shape index (κ2) is 13.5. The molecule has 1 rings (SSSR count). The van der Waals surface area contributed by atoms with E-state index in [1.165, 1.54) is 83.5 Å². The third-order valence-electron chi connectivity index (χ3n) is 4.67. The second-order valence-corrected chi connectivity index (χ2v) is 7.94. The van der Waals surface area contributed by atoms with E-state index < -0.39 is 0 Å². The highest BCUT2D eigenvalue weighted by atomic mass is 16.5. The number of nitrogens with zero attached hydrogens (tertiary/aromatic N) is 1. The van der Waals surface area contributed by atoms with Crippen LogP contribution in [0.1, 0.15) is 111 Å². The van der Waals surface area contributed by atoms with Crippen LogP contribution in [0.25, 0.3) is 0 Å². The van der Waals surface area contributed by atoms with Crippen LogP contribution in [0.3, 0.4) is 0 Å². The number of ether oxygens (including phenoxy) is 1. The minimum absolute atomic E-state index is 0.0145. The Hall–Kier alpha value is -0.790. The van der Waals surface area contributed by atoms with Crippen LogP contribution in [0.15, 0.2) is 17.1 Å². The zero-order valence-corrected chi connectivity index (χ0v) is 16.6. The lowest BCUT2D eigenvalue weighted by Gasteiger charge is -2.07. The maximum Gasteiger partial charge on any atom is 0.183 e. The zero-order chi connectivity index (χ0) is 17.5. The van der Waals surface area contributed by atoms with Gasteiger partial charge in [0.25, 0.3) is 0 Å². The van der Waals surface area contributed by atoms with Crippen LogP contribution in [0.4, 0.5) is 0 Å². The molecule has 0 aliphatic carbocycles. The fourth-order valence-electron chi connectivity index (χ4n) is 3.12. The molecule has 0 saturated carbocycles. The predicted molar refractivity (Wildman–Crippen MR) is 107 cm³/mol. The summed E-state index contributed by atoms with van der Waals surface area (Å²) in [4.78, 5) is 4.61. The molecule has 0 spiro atoms. The average Bonchev–Trinajstić information content (AvgIpc) is 2.90.